The maximum atomic E-state index is 6.71. The zero-order chi connectivity index (χ0) is 32.6. The van der Waals surface area contributed by atoms with Gasteiger partial charge in [-0.25, -0.2) is 0 Å². The van der Waals surface area contributed by atoms with E-state index < -0.39 is 0 Å². The predicted molar refractivity (Wildman–Crippen MR) is 201 cm³/mol. The van der Waals surface area contributed by atoms with E-state index in [-0.39, 0.29) is 126 Å². The molecule has 0 bridgehead atoms. The molecule has 164 valence electrons. The Hall–Kier alpha value is -2.28. The summed E-state index contributed by atoms with van der Waals surface area (Å²) in [6, 6.07) is 1.41. The first-order valence-electron chi connectivity index (χ1n) is 12.6. The lowest BCUT2D eigenvalue weighted by molar-refractivity contribution is 1.09. The van der Waals surface area contributed by atoms with E-state index in [9.17, 15) is 0 Å². The van der Waals surface area contributed by atoms with Gasteiger partial charge in [0.1, 0.15) is 126 Å². The highest BCUT2D eigenvalue weighted by Gasteiger charge is 2.24. The lowest BCUT2D eigenvalue weighted by Crippen LogP contribution is -2.52. The standard InChI is InChI=1S/C26H7B16N/c1-4(27)12(31)17(36)10-11-18(37)19(38)20(39)23(42)25(11)43(24(10)5(2)28)26-21(40)15(34)9(16(35)22(26)41)8-13(32)6(29)3-7(30)14(8)33/h3H,1-2H3/b12-4-,17-10+,24-5-. The van der Waals surface area contributed by atoms with Crippen molar-refractivity contribution in [1.82, 2.24) is 4.57 Å². The van der Waals surface area contributed by atoms with Gasteiger partial charge in [-0.3, -0.25) is 0 Å². The molecule has 0 fully saturated rings. The van der Waals surface area contributed by atoms with E-state index in [1.54, 1.807) is 13.8 Å². The molecule has 0 unspecified atom stereocenters. The summed E-state index contributed by atoms with van der Waals surface area (Å²) in [6.07, 6.45) is 0. The van der Waals surface area contributed by atoms with Crippen LogP contribution < -0.4 is 76.1 Å². The molecule has 1 heterocycles. The third-order valence-corrected chi connectivity index (χ3v) is 7.50. The number of fused-ring (bicyclic) bond motifs is 1. The lowest BCUT2D eigenvalue weighted by Gasteiger charge is -2.28. The monoisotopic (exact) mass is 509 g/mol. The molecule has 3 aromatic carbocycles. The summed E-state index contributed by atoms with van der Waals surface area (Å²) < 4.78 is 1.50. The number of nitrogens with zero attached hydrogens (tertiary/aromatic N) is 1. The predicted octanol–water partition coefficient (Wildman–Crippen LogP) is -11.0. The van der Waals surface area contributed by atoms with E-state index in [0.29, 0.717) is 0 Å². The number of hydrogen-bond acceptors (Lipinski definition) is 0. The van der Waals surface area contributed by atoms with Crippen LogP contribution in [0.5, 0.6) is 0 Å². The van der Waals surface area contributed by atoms with Crippen LogP contribution in [0.1, 0.15) is 13.8 Å². The van der Waals surface area contributed by atoms with E-state index in [2.05, 4.69) is 0 Å². The van der Waals surface area contributed by atoms with Crippen molar-refractivity contribution in [2.75, 3.05) is 0 Å². The summed E-state index contributed by atoms with van der Waals surface area (Å²) in [7, 11) is 102. The fourth-order valence-electron chi connectivity index (χ4n) is 5.20. The smallest absolute Gasteiger partial charge is 0.115 e. The van der Waals surface area contributed by atoms with Gasteiger partial charge < -0.3 is 4.57 Å². The van der Waals surface area contributed by atoms with Crippen molar-refractivity contribution in [3.8, 4) is 16.8 Å². The molecule has 0 saturated carbocycles. The average molecular weight is 506 g/mol. The molecular weight excluding hydrogens is 499 g/mol. The average Bonchev–Trinajstić information content (AvgIpc) is 3.30. The van der Waals surface area contributed by atoms with E-state index >= 15 is 0 Å². The fourth-order valence-corrected chi connectivity index (χ4v) is 5.20. The topological polar surface area (TPSA) is 4.93 Å². The van der Waals surface area contributed by atoms with Crippen LogP contribution in [0.2, 0.25) is 0 Å². The highest BCUT2D eigenvalue weighted by molar-refractivity contribution is 6.68. The van der Waals surface area contributed by atoms with E-state index in [1.165, 1.54) is 10.6 Å². The van der Waals surface area contributed by atoms with Gasteiger partial charge in [0, 0.05) is 16.6 Å². The third kappa shape index (κ3) is 5.06. The highest BCUT2D eigenvalue weighted by atomic mass is 15.0. The summed E-state index contributed by atoms with van der Waals surface area (Å²) in [5.41, 5.74) is 1.24. The maximum Gasteiger partial charge on any atom is 0.115 e. The van der Waals surface area contributed by atoms with Crippen molar-refractivity contribution in [2.24, 2.45) is 0 Å². The molecule has 1 aromatic heterocycles. The summed E-state index contributed by atoms with van der Waals surface area (Å²) in [4.78, 5) is 0. The van der Waals surface area contributed by atoms with Crippen LogP contribution in [0.3, 0.4) is 0 Å². The van der Waals surface area contributed by atoms with Crippen LogP contribution in [0.25, 0.3) is 38.7 Å². The summed E-state index contributed by atoms with van der Waals surface area (Å²) in [6.45, 7) is 3.17. The number of allylic oxidation sites excluding steroid dienone is 2. The van der Waals surface area contributed by atoms with Crippen LogP contribution >= 0.6 is 0 Å². The van der Waals surface area contributed by atoms with Gasteiger partial charge in [-0.2, -0.15) is 0 Å². The quantitative estimate of drug-likeness (QED) is 0.244. The minimum absolute atomic E-state index is 0.00460. The Morgan fingerprint density at radius 2 is 0.977 bits per heavy atom. The van der Waals surface area contributed by atoms with Crippen LogP contribution in [0.4, 0.5) is 0 Å². The molecular formula is C26H7B16N. The summed E-state index contributed by atoms with van der Waals surface area (Å²) in [5.74, 6) is 0. The van der Waals surface area contributed by atoms with Gasteiger partial charge in [-0.1, -0.05) is 74.6 Å². The molecule has 4 aromatic rings. The molecule has 0 amide bonds. The number of aromatic nitrogens is 1. The van der Waals surface area contributed by atoms with Gasteiger partial charge in [0.2, 0.25) is 0 Å². The molecule has 0 aliphatic rings. The van der Waals surface area contributed by atoms with Crippen LogP contribution in [-0.2, 0) is 0 Å². The van der Waals surface area contributed by atoms with Crippen molar-refractivity contribution in [1.29, 1.82) is 0 Å². The van der Waals surface area contributed by atoms with Crippen LogP contribution in [-0.4, -0.2) is 130 Å². The Morgan fingerprint density at radius 1 is 0.535 bits per heavy atom. The second kappa shape index (κ2) is 11.9. The Kier molecular flexibility index (Phi) is 9.31. The zero-order valence-corrected chi connectivity index (χ0v) is 23.8. The van der Waals surface area contributed by atoms with Gasteiger partial charge in [0.05, 0.1) is 0 Å². The first-order chi connectivity index (χ1) is 19.9. The van der Waals surface area contributed by atoms with Crippen molar-refractivity contribution < 1.29 is 0 Å². The van der Waals surface area contributed by atoms with Gasteiger partial charge in [-0.05, 0) is 21.7 Å². The lowest BCUT2D eigenvalue weighted by atomic mass is 9.59. The molecule has 0 aliphatic carbocycles. The first-order valence-corrected chi connectivity index (χ1v) is 12.6. The van der Waals surface area contributed by atoms with Crippen molar-refractivity contribution in [3.05, 3.63) is 27.6 Å². The minimum Gasteiger partial charge on any atom is -0.312 e. The van der Waals surface area contributed by atoms with Crippen molar-refractivity contribution in [3.63, 3.8) is 0 Å². The molecule has 0 saturated heterocycles. The number of hydrogen-bond donors (Lipinski definition) is 0. The second-order valence-electron chi connectivity index (χ2n) is 10.3. The Balaban J connectivity index is 2.42. The molecule has 43 heavy (non-hydrogen) atoms. The maximum absolute atomic E-state index is 6.71. The summed E-state index contributed by atoms with van der Waals surface area (Å²) >= 11 is 0. The van der Waals surface area contributed by atoms with Crippen molar-refractivity contribution >= 4 is 213 Å². The molecule has 0 atom stereocenters. The summed E-state index contributed by atoms with van der Waals surface area (Å²) in [5, 5.41) is 0.727. The Bertz CT molecular complexity index is 1990. The van der Waals surface area contributed by atoms with Crippen LogP contribution in [0, 0.1) is 0 Å². The normalized spacial score (nSPS) is 13.6. The minimum atomic E-state index is -0.0714. The molecule has 1 nitrogen and oxygen atoms in total. The SMILES string of the molecule is [B]/C(C)=C([B])/C([B])=c1\c(=C(\[B])C)n(-c2c([B])c([B])c(-c3c([B])c([B])cc([B])c3[B])c([B])c2[B])c2c([B])c([B])c([B])c([B])c12. The Labute approximate surface area is 274 Å². The fraction of sp³-hybridized carbons (Fsp3) is 0.0769. The van der Waals surface area contributed by atoms with Gasteiger partial charge >= 0.3 is 0 Å². The largest absolute Gasteiger partial charge is 0.312 e. The molecule has 0 N–H and O–H groups in total. The van der Waals surface area contributed by atoms with Crippen molar-refractivity contribution in [2.45, 2.75) is 13.8 Å². The molecule has 17 heteroatoms. The van der Waals surface area contributed by atoms with E-state index in [0.717, 1.165) is 0 Å². The van der Waals surface area contributed by atoms with E-state index in [1.807, 2.05) is 0 Å². The zero-order valence-electron chi connectivity index (χ0n) is 23.8. The van der Waals surface area contributed by atoms with Gasteiger partial charge in [-0.15, -0.1) is 32.8 Å². The molecule has 0 aliphatic heterocycles. The Morgan fingerprint density at radius 3 is 1.42 bits per heavy atom. The molecule has 0 spiro atoms. The second-order valence-corrected chi connectivity index (χ2v) is 10.3. The molecule has 4 rings (SSSR count). The van der Waals surface area contributed by atoms with E-state index in [4.69, 9.17) is 126 Å². The first kappa shape index (κ1) is 33.6. The highest BCUT2D eigenvalue weighted by Crippen LogP contribution is 2.14. The van der Waals surface area contributed by atoms with Gasteiger partial charge in [0.15, 0.2) is 0 Å². The molecule has 32 radical (unpaired) electrons. The number of benzene rings is 3. The number of rotatable bonds is 3. The third-order valence-electron chi connectivity index (χ3n) is 7.50. The van der Waals surface area contributed by atoms with Gasteiger partial charge in [0.25, 0.3) is 0 Å². The van der Waals surface area contributed by atoms with Crippen LogP contribution in [0.15, 0.2) is 17.0 Å².